The van der Waals surface area contributed by atoms with Crippen LogP contribution in [0.3, 0.4) is 0 Å². The Morgan fingerprint density at radius 2 is 2.20 bits per heavy atom. The molecule has 0 aliphatic heterocycles. The fourth-order valence-electron chi connectivity index (χ4n) is 1.67. The van der Waals surface area contributed by atoms with E-state index in [9.17, 15) is 18.0 Å². The van der Waals surface area contributed by atoms with Crippen LogP contribution in [0.2, 0.25) is 0 Å². The molecule has 0 radical (unpaired) electrons. The van der Waals surface area contributed by atoms with Crippen molar-refractivity contribution in [3.8, 4) is 0 Å². The molecule has 5 nitrogen and oxygen atoms in total. The fraction of sp³-hybridized carbons (Fsp3) is 0.417. The predicted molar refractivity (Wildman–Crippen MR) is 62.2 cm³/mol. The van der Waals surface area contributed by atoms with E-state index in [1.807, 2.05) is 6.92 Å². The maximum Gasteiger partial charge on any atom is 0.454 e. The van der Waals surface area contributed by atoms with Gasteiger partial charge in [0.25, 0.3) is 5.78 Å². The minimum absolute atomic E-state index is 0.151. The highest BCUT2D eigenvalue weighted by atomic mass is 19.4. The summed E-state index contributed by atoms with van der Waals surface area (Å²) >= 11 is 0. The molecule has 0 saturated carbocycles. The lowest BCUT2D eigenvalue weighted by Gasteiger charge is -2.02. The van der Waals surface area contributed by atoms with Crippen LogP contribution in [-0.2, 0) is 13.0 Å². The molecule has 0 aliphatic rings. The van der Waals surface area contributed by atoms with Gasteiger partial charge in [-0.15, -0.1) is 0 Å². The number of halogens is 3. The lowest BCUT2D eigenvalue weighted by molar-refractivity contribution is -0.0885. The van der Waals surface area contributed by atoms with Gasteiger partial charge in [-0.2, -0.15) is 18.2 Å². The molecule has 0 aliphatic carbocycles. The van der Waals surface area contributed by atoms with Gasteiger partial charge < -0.3 is 9.09 Å². The second-order valence-electron chi connectivity index (χ2n) is 4.25. The molecule has 0 aromatic carbocycles. The van der Waals surface area contributed by atoms with Crippen molar-refractivity contribution in [2.75, 3.05) is 0 Å². The molecule has 20 heavy (non-hydrogen) atoms. The molecular formula is C12H12F3N3O2. The monoisotopic (exact) mass is 287 g/mol. The predicted octanol–water partition coefficient (Wildman–Crippen LogP) is 2.62. The van der Waals surface area contributed by atoms with Gasteiger partial charge in [0, 0.05) is 24.4 Å². The van der Waals surface area contributed by atoms with Crippen LogP contribution in [0.15, 0.2) is 23.0 Å². The number of carbonyl (C=O) groups is 1. The summed E-state index contributed by atoms with van der Waals surface area (Å²) in [7, 11) is 0. The average Bonchev–Trinajstić information content (AvgIpc) is 2.98. The van der Waals surface area contributed by atoms with E-state index in [4.69, 9.17) is 4.52 Å². The minimum atomic E-state index is -4.87. The lowest BCUT2D eigenvalue weighted by atomic mass is 10.2. The van der Waals surface area contributed by atoms with Crippen LogP contribution in [0.25, 0.3) is 0 Å². The van der Waals surface area contributed by atoms with E-state index in [2.05, 4.69) is 10.1 Å². The molecule has 2 aromatic rings. The third kappa shape index (κ3) is 3.25. The standard InChI is InChI=1S/C12H12F3N3O2/c1-2-3-10-16-9(17-20-10)7-18-5-4-8(6-18)11(19)12(13,14)15/h4-6H,2-3,7H2,1H3. The molecule has 2 heterocycles. The Morgan fingerprint density at radius 3 is 2.85 bits per heavy atom. The number of aryl methyl sites for hydroxylation is 1. The largest absolute Gasteiger partial charge is 0.454 e. The molecule has 8 heteroatoms. The number of alkyl halides is 3. The Labute approximate surface area is 112 Å². The zero-order chi connectivity index (χ0) is 14.8. The smallest absolute Gasteiger partial charge is 0.346 e. The Balaban J connectivity index is 2.07. The van der Waals surface area contributed by atoms with Gasteiger partial charge >= 0.3 is 6.18 Å². The van der Waals surface area contributed by atoms with Crippen molar-refractivity contribution in [1.29, 1.82) is 0 Å². The third-order valence-corrected chi connectivity index (χ3v) is 2.57. The van der Waals surface area contributed by atoms with Crippen molar-refractivity contribution in [1.82, 2.24) is 14.7 Å². The summed E-state index contributed by atoms with van der Waals surface area (Å²) in [6.45, 7) is 2.11. The van der Waals surface area contributed by atoms with Gasteiger partial charge in [0.1, 0.15) is 0 Å². The summed E-state index contributed by atoms with van der Waals surface area (Å²) in [5.41, 5.74) is -0.408. The van der Waals surface area contributed by atoms with E-state index < -0.39 is 17.5 Å². The van der Waals surface area contributed by atoms with Crippen LogP contribution in [0.4, 0.5) is 13.2 Å². The highest BCUT2D eigenvalue weighted by Crippen LogP contribution is 2.21. The topological polar surface area (TPSA) is 60.9 Å². The SMILES string of the molecule is CCCc1nc(Cn2ccc(C(=O)C(F)(F)F)c2)no1. The van der Waals surface area contributed by atoms with E-state index >= 15 is 0 Å². The molecule has 0 bridgehead atoms. The van der Waals surface area contributed by atoms with Gasteiger partial charge in [-0.05, 0) is 12.5 Å². The summed E-state index contributed by atoms with van der Waals surface area (Å²) in [6, 6.07) is 1.11. The lowest BCUT2D eigenvalue weighted by Crippen LogP contribution is -2.22. The molecule has 0 unspecified atom stereocenters. The van der Waals surface area contributed by atoms with Crippen LogP contribution >= 0.6 is 0 Å². The highest BCUT2D eigenvalue weighted by Gasteiger charge is 2.39. The number of aromatic nitrogens is 3. The van der Waals surface area contributed by atoms with Crippen LogP contribution in [0, 0.1) is 0 Å². The van der Waals surface area contributed by atoms with E-state index in [1.54, 1.807) is 0 Å². The third-order valence-electron chi connectivity index (χ3n) is 2.57. The van der Waals surface area contributed by atoms with Crippen molar-refractivity contribution in [2.24, 2.45) is 0 Å². The Morgan fingerprint density at radius 1 is 1.45 bits per heavy atom. The van der Waals surface area contributed by atoms with Crippen LogP contribution in [0.1, 0.15) is 35.4 Å². The van der Waals surface area contributed by atoms with Gasteiger partial charge in [-0.25, -0.2) is 0 Å². The highest BCUT2D eigenvalue weighted by molar-refractivity contribution is 6.00. The van der Waals surface area contributed by atoms with E-state index in [0.717, 1.165) is 18.7 Å². The first kappa shape index (κ1) is 14.3. The van der Waals surface area contributed by atoms with E-state index in [-0.39, 0.29) is 6.54 Å². The first-order chi connectivity index (χ1) is 9.40. The van der Waals surface area contributed by atoms with Gasteiger partial charge in [0.2, 0.25) is 5.89 Å². The van der Waals surface area contributed by atoms with E-state index in [0.29, 0.717) is 18.1 Å². The summed E-state index contributed by atoms with van der Waals surface area (Å²) in [4.78, 5) is 15.1. The normalized spacial score (nSPS) is 11.8. The summed E-state index contributed by atoms with van der Waals surface area (Å²) in [5, 5.41) is 3.72. The van der Waals surface area contributed by atoms with Crippen molar-refractivity contribution < 1.29 is 22.5 Å². The van der Waals surface area contributed by atoms with Gasteiger partial charge in [0.05, 0.1) is 6.54 Å². The van der Waals surface area contributed by atoms with Gasteiger partial charge in [-0.3, -0.25) is 4.79 Å². The van der Waals surface area contributed by atoms with Crippen molar-refractivity contribution in [3.05, 3.63) is 35.7 Å². The molecule has 2 aromatic heterocycles. The summed E-state index contributed by atoms with van der Waals surface area (Å²) < 4.78 is 43.1. The van der Waals surface area contributed by atoms with Crippen LogP contribution in [-0.4, -0.2) is 26.7 Å². The number of ketones is 1. The number of Topliss-reactive ketones (excluding diaryl/α,β-unsaturated/α-hetero) is 1. The number of carbonyl (C=O) groups excluding carboxylic acids is 1. The minimum Gasteiger partial charge on any atom is -0.346 e. The van der Waals surface area contributed by atoms with Crippen LogP contribution < -0.4 is 0 Å². The molecule has 0 saturated heterocycles. The number of hydrogen-bond donors (Lipinski definition) is 0. The molecule has 0 N–H and O–H groups in total. The Hall–Kier alpha value is -2.12. The summed E-state index contributed by atoms with van der Waals surface area (Å²) in [5.74, 6) is -1.02. The molecule has 0 atom stereocenters. The first-order valence-corrected chi connectivity index (χ1v) is 5.99. The fourth-order valence-corrected chi connectivity index (χ4v) is 1.67. The van der Waals surface area contributed by atoms with Crippen molar-refractivity contribution >= 4 is 5.78 Å². The molecule has 0 amide bonds. The molecular weight excluding hydrogens is 275 g/mol. The second-order valence-corrected chi connectivity index (χ2v) is 4.25. The summed E-state index contributed by atoms with van der Waals surface area (Å²) in [6.07, 6.45) is -0.876. The quantitative estimate of drug-likeness (QED) is 0.793. The number of hydrogen-bond acceptors (Lipinski definition) is 4. The Kier molecular flexibility index (Phi) is 3.91. The number of nitrogens with zero attached hydrogens (tertiary/aromatic N) is 3. The van der Waals surface area contributed by atoms with Crippen LogP contribution in [0.5, 0.6) is 0 Å². The second kappa shape index (κ2) is 5.48. The van der Waals surface area contributed by atoms with Gasteiger partial charge in [-0.1, -0.05) is 12.1 Å². The molecule has 2 rings (SSSR count). The zero-order valence-electron chi connectivity index (χ0n) is 10.6. The van der Waals surface area contributed by atoms with Crippen molar-refractivity contribution in [2.45, 2.75) is 32.5 Å². The zero-order valence-corrected chi connectivity index (χ0v) is 10.6. The maximum absolute atomic E-state index is 12.3. The molecule has 0 fully saturated rings. The number of rotatable bonds is 5. The van der Waals surface area contributed by atoms with Crippen molar-refractivity contribution in [3.63, 3.8) is 0 Å². The van der Waals surface area contributed by atoms with Gasteiger partial charge in [0.15, 0.2) is 5.82 Å². The first-order valence-electron chi connectivity index (χ1n) is 5.99. The average molecular weight is 287 g/mol. The molecule has 108 valence electrons. The Bertz CT molecular complexity index is 601. The van der Waals surface area contributed by atoms with E-state index in [1.165, 1.54) is 10.8 Å². The maximum atomic E-state index is 12.3. The molecule has 0 spiro atoms.